The molecule has 20 heavy (non-hydrogen) atoms. The quantitative estimate of drug-likeness (QED) is 0.337. The van der Waals surface area contributed by atoms with Crippen LogP contribution >= 0.6 is 30.1 Å². The zero-order valence-electron chi connectivity index (χ0n) is 11.2. The first-order chi connectivity index (χ1) is 9.63. The summed E-state index contributed by atoms with van der Waals surface area (Å²) < 4.78 is 10.2. The second-order valence-corrected chi connectivity index (χ2v) is 6.00. The Hall–Kier alpha value is -0.980. The van der Waals surface area contributed by atoms with Gasteiger partial charge < -0.3 is 15.2 Å². The number of hydrogen-bond acceptors (Lipinski definition) is 6. The summed E-state index contributed by atoms with van der Waals surface area (Å²) in [7, 11) is 1.61. The molecule has 0 aromatic heterocycles. The van der Waals surface area contributed by atoms with E-state index in [4.69, 9.17) is 14.7 Å². The Morgan fingerprint density at radius 2 is 2.25 bits per heavy atom. The van der Waals surface area contributed by atoms with Crippen LogP contribution in [0.2, 0.25) is 0 Å². The van der Waals surface area contributed by atoms with Crippen molar-refractivity contribution in [1.29, 1.82) is 5.26 Å². The number of nitrogens with two attached hydrogens (primary N) is 1. The highest BCUT2D eigenvalue weighted by atomic mass is 127. The lowest BCUT2D eigenvalue weighted by molar-refractivity contribution is -0.145. The lowest BCUT2D eigenvalue weighted by Crippen LogP contribution is -2.16. The molecule has 1 rings (SSSR count). The van der Waals surface area contributed by atoms with Gasteiger partial charge in [0.15, 0.2) is 6.61 Å². The summed E-state index contributed by atoms with van der Waals surface area (Å²) in [6.07, 6.45) is 0. The predicted molar refractivity (Wildman–Crippen MR) is 88.8 cm³/mol. The SMILES string of the molecule is Cc1cccc(OCC(=O)OCCSI)c1.N#CCN. The first-order valence-corrected chi connectivity index (χ1v) is 9.32. The third-order valence-electron chi connectivity index (χ3n) is 1.86. The van der Waals surface area contributed by atoms with E-state index in [1.807, 2.05) is 31.2 Å². The Kier molecular flexibility index (Phi) is 12.4. The van der Waals surface area contributed by atoms with Crippen molar-refractivity contribution in [3.63, 3.8) is 0 Å². The van der Waals surface area contributed by atoms with Crippen LogP contribution in [0.25, 0.3) is 0 Å². The summed E-state index contributed by atoms with van der Waals surface area (Å²) in [4.78, 5) is 11.2. The van der Waals surface area contributed by atoms with Gasteiger partial charge in [0.1, 0.15) is 12.4 Å². The normalized spacial score (nSPS) is 8.90. The molecular formula is C13H17IN2O3S. The van der Waals surface area contributed by atoms with E-state index in [2.05, 4.69) is 26.9 Å². The topological polar surface area (TPSA) is 85.3 Å². The molecule has 5 nitrogen and oxygen atoms in total. The van der Waals surface area contributed by atoms with E-state index in [-0.39, 0.29) is 19.1 Å². The van der Waals surface area contributed by atoms with Crippen LogP contribution in [0, 0.1) is 18.3 Å². The molecule has 1 aromatic rings. The van der Waals surface area contributed by atoms with Gasteiger partial charge in [-0.2, -0.15) is 5.26 Å². The molecule has 0 aliphatic carbocycles. The number of nitriles is 1. The first-order valence-electron chi connectivity index (χ1n) is 5.79. The monoisotopic (exact) mass is 408 g/mol. The van der Waals surface area contributed by atoms with Gasteiger partial charge in [0, 0.05) is 5.75 Å². The fourth-order valence-corrected chi connectivity index (χ4v) is 1.76. The van der Waals surface area contributed by atoms with Gasteiger partial charge in [-0.15, -0.1) is 0 Å². The maximum absolute atomic E-state index is 11.2. The fraction of sp³-hybridized carbons (Fsp3) is 0.385. The maximum Gasteiger partial charge on any atom is 0.344 e. The molecule has 7 heteroatoms. The van der Waals surface area contributed by atoms with Crippen molar-refractivity contribution >= 4 is 36.1 Å². The van der Waals surface area contributed by atoms with Gasteiger partial charge in [-0.3, -0.25) is 0 Å². The van der Waals surface area contributed by atoms with E-state index in [1.54, 1.807) is 15.0 Å². The minimum atomic E-state index is -0.327. The Morgan fingerprint density at radius 1 is 1.55 bits per heavy atom. The van der Waals surface area contributed by atoms with Crippen molar-refractivity contribution in [3.8, 4) is 11.8 Å². The highest BCUT2D eigenvalue weighted by Gasteiger charge is 2.03. The second kappa shape index (κ2) is 13.0. The molecule has 0 spiro atoms. The number of carbonyl (C=O) groups excluding carboxylic acids is 1. The van der Waals surface area contributed by atoms with Crippen molar-refractivity contribution in [2.75, 3.05) is 25.5 Å². The molecule has 0 unspecified atom stereocenters. The molecule has 0 atom stereocenters. The summed E-state index contributed by atoms with van der Waals surface area (Å²) >= 11 is 2.16. The number of carbonyl (C=O) groups is 1. The fourth-order valence-electron chi connectivity index (χ4n) is 1.08. The van der Waals surface area contributed by atoms with Gasteiger partial charge in [0.05, 0.1) is 12.6 Å². The van der Waals surface area contributed by atoms with E-state index in [1.165, 1.54) is 0 Å². The third-order valence-corrected chi connectivity index (χ3v) is 3.50. The van der Waals surface area contributed by atoms with E-state index in [0.29, 0.717) is 12.4 Å². The van der Waals surface area contributed by atoms with Crippen molar-refractivity contribution in [3.05, 3.63) is 29.8 Å². The number of esters is 1. The molecule has 0 aliphatic heterocycles. The Labute approximate surface area is 135 Å². The van der Waals surface area contributed by atoms with E-state index >= 15 is 0 Å². The number of rotatable bonds is 6. The number of ether oxygens (including phenoxy) is 2. The van der Waals surface area contributed by atoms with Gasteiger partial charge >= 0.3 is 5.97 Å². The third kappa shape index (κ3) is 10.9. The standard InChI is InChI=1S/C11H13IO3S.C2H4N2/c1-9-3-2-4-10(7-9)15-8-11(13)14-5-6-16-12;3-1-2-4/h2-4,7H,5-6,8H2,1H3;1,3H2. The minimum absolute atomic E-state index is 0.0324. The van der Waals surface area contributed by atoms with Crippen LogP contribution in [0.15, 0.2) is 24.3 Å². The molecule has 0 bridgehead atoms. The molecule has 1 aromatic carbocycles. The van der Waals surface area contributed by atoms with E-state index in [9.17, 15) is 4.79 Å². The Bertz CT molecular complexity index is 438. The highest BCUT2D eigenvalue weighted by Crippen LogP contribution is 2.12. The van der Waals surface area contributed by atoms with Crippen molar-refractivity contribution in [1.82, 2.24) is 0 Å². The Morgan fingerprint density at radius 3 is 2.80 bits per heavy atom. The van der Waals surface area contributed by atoms with Gasteiger partial charge in [-0.1, -0.05) is 21.1 Å². The number of benzene rings is 1. The molecule has 0 aliphatic rings. The van der Waals surface area contributed by atoms with Crippen LogP contribution in [-0.4, -0.2) is 31.5 Å². The van der Waals surface area contributed by atoms with Crippen LogP contribution in [0.4, 0.5) is 0 Å². The predicted octanol–water partition coefficient (Wildman–Crippen LogP) is 2.47. The summed E-state index contributed by atoms with van der Waals surface area (Å²) in [5, 5.41) is 7.50. The molecule has 0 saturated heterocycles. The number of nitrogens with zero attached hydrogens (tertiary/aromatic N) is 1. The summed E-state index contributed by atoms with van der Waals surface area (Å²) in [5.41, 5.74) is 5.77. The van der Waals surface area contributed by atoms with Gasteiger partial charge in [-0.25, -0.2) is 4.79 Å². The van der Waals surface area contributed by atoms with Gasteiger partial charge in [0.2, 0.25) is 0 Å². The summed E-state index contributed by atoms with van der Waals surface area (Å²) in [6, 6.07) is 9.28. The number of aryl methyl sites for hydroxylation is 1. The zero-order chi connectivity index (χ0) is 15.2. The molecule has 0 fully saturated rings. The first kappa shape index (κ1) is 19.0. The summed E-state index contributed by atoms with van der Waals surface area (Å²) in [5.74, 6) is 1.17. The van der Waals surface area contributed by atoms with Crippen LogP contribution in [0.1, 0.15) is 5.56 Å². The highest BCUT2D eigenvalue weighted by molar-refractivity contribution is 14.2. The van der Waals surface area contributed by atoms with Crippen LogP contribution in [0.5, 0.6) is 5.75 Å². The van der Waals surface area contributed by atoms with Crippen molar-refractivity contribution in [2.45, 2.75) is 6.92 Å². The second-order valence-electron chi connectivity index (χ2n) is 3.50. The van der Waals surface area contributed by atoms with E-state index in [0.717, 1.165) is 11.3 Å². The van der Waals surface area contributed by atoms with Crippen LogP contribution < -0.4 is 10.5 Å². The molecule has 110 valence electrons. The largest absolute Gasteiger partial charge is 0.482 e. The molecule has 2 N–H and O–H groups in total. The Balaban J connectivity index is 0.000000796. The lowest BCUT2D eigenvalue weighted by Gasteiger charge is -2.06. The zero-order valence-corrected chi connectivity index (χ0v) is 14.1. The number of halogens is 1. The van der Waals surface area contributed by atoms with E-state index < -0.39 is 0 Å². The molecule has 0 heterocycles. The van der Waals surface area contributed by atoms with Crippen LogP contribution in [-0.2, 0) is 9.53 Å². The molecular weight excluding hydrogens is 391 g/mol. The van der Waals surface area contributed by atoms with Gasteiger partial charge in [-0.05, 0) is 45.8 Å². The van der Waals surface area contributed by atoms with Crippen LogP contribution in [0.3, 0.4) is 0 Å². The minimum Gasteiger partial charge on any atom is -0.482 e. The number of hydrogen-bond donors (Lipinski definition) is 1. The average molecular weight is 408 g/mol. The van der Waals surface area contributed by atoms with Gasteiger partial charge in [0.25, 0.3) is 0 Å². The molecule has 0 radical (unpaired) electrons. The molecule has 0 saturated carbocycles. The van der Waals surface area contributed by atoms with Crippen molar-refractivity contribution < 1.29 is 14.3 Å². The molecule has 0 amide bonds. The summed E-state index contributed by atoms with van der Waals surface area (Å²) in [6.45, 7) is 2.50. The van der Waals surface area contributed by atoms with Crippen molar-refractivity contribution in [2.24, 2.45) is 5.73 Å². The average Bonchev–Trinajstić information content (AvgIpc) is 2.46. The smallest absolute Gasteiger partial charge is 0.344 e. The lowest BCUT2D eigenvalue weighted by atomic mass is 10.2. The maximum atomic E-state index is 11.2.